The molecule has 2 heterocycles. The summed E-state index contributed by atoms with van der Waals surface area (Å²) in [6.45, 7) is 1.87. The number of hydrogen-bond donors (Lipinski definition) is 2. The van der Waals surface area contributed by atoms with Gasteiger partial charge in [-0.25, -0.2) is 4.98 Å². The first kappa shape index (κ1) is 8.71. The van der Waals surface area contributed by atoms with Gasteiger partial charge < -0.3 is 5.73 Å². The van der Waals surface area contributed by atoms with Crippen LogP contribution in [-0.4, -0.2) is 9.97 Å². The highest BCUT2D eigenvalue weighted by Gasteiger charge is 2.11. The predicted octanol–water partition coefficient (Wildman–Crippen LogP) is 1.64. The minimum absolute atomic E-state index is 0.159. The summed E-state index contributed by atoms with van der Waals surface area (Å²) < 4.78 is 0.922. The van der Waals surface area contributed by atoms with Crippen LogP contribution in [0.25, 0.3) is 10.2 Å². The topological polar surface area (TPSA) is 71.8 Å². The molecule has 2 aromatic rings. The van der Waals surface area contributed by atoms with Crippen LogP contribution in [-0.2, 0) is 0 Å². The fraction of sp³-hybridized carbons (Fsp3) is 0.143. The molecule has 0 aromatic carbocycles. The number of aryl methyl sites for hydroxylation is 1. The lowest BCUT2D eigenvalue weighted by atomic mass is 10.3. The Kier molecular flexibility index (Phi) is 1.88. The van der Waals surface area contributed by atoms with Crippen molar-refractivity contribution in [3.05, 3.63) is 19.7 Å². The van der Waals surface area contributed by atoms with Crippen molar-refractivity contribution in [3.63, 3.8) is 0 Å². The third-order valence-electron chi connectivity index (χ3n) is 1.76. The summed E-state index contributed by atoms with van der Waals surface area (Å²) in [5, 5.41) is 0.617. The Morgan fingerprint density at radius 2 is 2.31 bits per heavy atom. The Bertz CT molecular complexity index is 530. The molecule has 0 saturated heterocycles. The van der Waals surface area contributed by atoms with E-state index in [1.807, 2.05) is 6.92 Å². The second kappa shape index (κ2) is 2.81. The van der Waals surface area contributed by atoms with Crippen molar-refractivity contribution in [2.24, 2.45) is 0 Å². The molecule has 0 aliphatic heterocycles. The zero-order valence-electron chi connectivity index (χ0n) is 6.72. The van der Waals surface area contributed by atoms with Crippen LogP contribution in [0.1, 0.15) is 5.56 Å². The summed E-state index contributed by atoms with van der Waals surface area (Å²) in [4.78, 5) is 18.6. The largest absolute Gasteiger partial charge is 0.369 e. The molecule has 0 amide bonds. The van der Waals surface area contributed by atoms with Gasteiger partial charge in [0.25, 0.3) is 5.56 Å². The number of H-pyrrole nitrogens is 1. The maximum absolute atomic E-state index is 11.4. The summed E-state index contributed by atoms with van der Waals surface area (Å²) in [5.74, 6) is 0.159. The molecule has 6 heteroatoms. The van der Waals surface area contributed by atoms with Gasteiger partial charge in [0.05, 0.1) is 9.17 Å². The van der Waals surface area contributed by atoms with E-state index in [1.165, 1.54) is 11.3 Å². The van der Waals surface area contributed by atoms with Gasteiger partial charge in [0.1, 0.15) is 4.83 Å². The number of nitrogens with two attached hydrogens (primary N) is 1. The smallest absolute Gasteiger partial charge is 0.261 e. The van der Waals surface area contributed by atoms with Crippen LogP contribution in [0.3, 0.4) is 0 Å². The van der Waals surface area contributed by atoms with E-state index in [0.717, 1.165) is 9.35 Å². The van der Waals surface area contributed by atoms with E-state index < -0.39 is 0 Å². The number of hydrogen-bond acceptors (Lipinski definition) is 4. The lowest BCUT2D eigenvalue weighted by Crippen LogP contribution is -2.10. The van der Waals surface area contributed by atoms with E-state index in [0.29, 0.717) is 10.2 Å². The molecule has 0 radical (unpaired) electrons. The highest BCUT2D eigenvalue weighted by atomic mass is 79.9. The molecule has 0 fully saturated rings. The molecule has 3 N–H and O–H groups in total. The zero-order valence-corrected chi connectivity index (χ0v) is 9.12. The lowest BCUT2D eigenvalue weighted by Gasteiger charge is -1.92. The molecule has 13 heavy (non-hydrogen) atoms. The molecule has 0 saturated carbocycles. The third kappa shape index (κ3) is 1.26. The van der Waals surface area contributed by atoms with Crippen molar-refractivity contribution in [1.29, 1.82) is 0 Å². The fourth-order valence-electron chi connectivity index (χ4n) is 1.13. The number of fused-ring (bicyclic) bond motifs is 1. The van der Waals surface area contributed by atoms with Crippen molar-refractivity contribution in [2.45, 2.75) is 6.92 Å². The average Bonchev–Trinajstić information content (AvgIpc) is 2.27. The van der Waals surface area contributed by atoms with Gasteiger partial charge >= 0.3 is 0 Å². The second-order valence-electron chi connectivity index (χ2n) is 2.63. The highest BCUT2D eigenvalue weighted by molar-refractivity contribution is 9.11. The van der Waals surface area contributed by atoms with Crippen molar-refractivity contribution in [1.82, 2.24) is 9.97 Å². The van der Waals surface area contributed by atoms with Crippen LogP contribution >= 0.6 is 27.3 Å². The standard InChI is InChI=1S/C7H6BrN3OS/c1-2-3-5(12)10-7(9)11-6(3)13-4(2)8/h1H3,(H3,9,10,11,12). The Morgan fingerprint density at radius 3 is 3.00 bits per heavy atom. The molecule has 2 rings (SSSR count). The van der Waals surface area contributed by atoms with Crippen molar-refractivity contribution >= 4 is 43.4 Å². The first-order valence-electron chi connectivity index (χ1n) is 3.54. The molecular formula is C7H6BrN3OS. The van der Waals surface area contributed by atoms with Crippen molar-refractivity contribution < 1.29 is 0 Å². The first-order valence-corrected chi connectivity index (χ1v) is 5.15. The zero-order chi connectivity index (χ0) is 9.59. The van der Waals surface area contributed by atoms with Gasteiger partial charge in [0, 0.05) is 0 Å². The number of nitrogen functional groups attached to an aromatic ring is 1. The van der Waals surface area contributed by atoms with Crippen LogP contribution in [0.5, 0.6) is 0 Å². The number of nitrogens with zero attached hydrogens (tertiary/aromatic N) is 1. The number of aromatic nitrogens is 2. The van der Waals surface area contributed by atoms with Gasteiger partial charge in [0.15, 0.2) is 0 Å². The molecule has 0 aliphatic rings. The lowest BCUT2D eigenvalue weighted by molar-refractivity contribution is 1.19. The minimum atomic E-state index is -0.179. The summed E-state index contributed by atoms with van der Waals surface area (Å²) in [6.07, 6.45) is 0. The molecule has 0 atom stereocenters. The Morgan fingerprint density at radius 1 is 1.62 bits per heavy atom. The van der Waals surface area contributed by atoms with Crippen molar-refractivity contribution in [2.75, 3.05) is 5.73 Å². The maximum atomic E-state index is 11.4. The first-order chi connectivity index (χ1) is 6.09. The average molecular weight is 260 g/mol. The highest BCUT2D eigenvalue weighted by Crippen LogP contribution is 2.31. The van der Waals surface area contributed by atoms with Gasteiger partial charge in [0.2, 0.25) is 5.95 Å². The molecule has 68 valence electrons. The van der Waals surface area contributed by atoms with E-state index in [9.17, 15) is 4.79 Å². The third-order valence-corrected chi connectivity index (χ3v) is 3.82. The monoisotopic (exact) mass is 259 g/mol. The summed E-state index contributed by atoms with van der Waals surface area (Å²) in [6, 6.07) is 0. The number of rotatable bonds is 0. The molecule has 0 unspecified atom stereocenters. The number of thiophene rings is 1. The van der Waals surface area contributed by atoms with E-state index >= 15 is 0 Å². The van der Waals surface area contributed by atoms with E-state index in [-0.39, 0.29) is 11.5 Å². The molecule has 0 bridgehead atoms. The molecule has 4 nitrogen and oxygen atoms in total. The molecular weight excluding hydrogens is 254 g/mol. The number of halogens is 1. The Hall–Kier alpha value is -0.880. The van der Waals surface area contributed by atoms with Crippen molar-refractivity contribution in [3.8, 4) is 0 Å². The van der Waals surface area contributed by atoms with Crippen LogP contribution in [0.2, 0.25) is 0 Å². The van der Waals surface area contributed by atoms with Gasteiger partial charge in [-0.3, -0.25) is 9.78 Å². The fourth-order valence-corrected chi connectivity index (χ4v) is 2.71. The Labute approximate surface area is 85.9 Å². The van der Waals surface area contributed by atoms with E-state index in [2.05, 4.69) is 25.9 Å². The van der Waals surface area contributed by atoms with Crippen LogP contribution in [0, 0.1) is 6.92 Å². The second-order valence-corrected chi connectivity index (χ2v) is 4.95. The number of aromatic amines is 1. The predicted molar refractivity (Wildman–Crippen MR) is 57.1 cm³/mol. The Balaban J connectivity index is 3.03. The number of anilines is 1. The number of nitrogens with one attached hydrogen (secondary N) is 1. The summed E-state index contributed by atoms with van der Waals surface area (Å²) in [5.41, 5.74) is 6.14. The van der Waals surface area contributed by atoms with E-state index in [1.54, 1.807) is 0 Å². The summed E-state index contributed by atoms with van der Waals surface area (Å²) >= 11 is 4.76. The van der Waals surface area contributed by atoms with Gasteiger partial charge in [-0.1, -0.05) is 0 Å². The van der Waals surface area contributed by atoms with E-state index in [4.69, 9.17) is 5.73 Å². The van der Waals surface area contributed by atoms with Crippen LogP contribution in [0.15, 0.2) is 8.58 Å². The quantitative estimate of drug-likeness (QED) is 0.756. The maximum Gasteiger partial charge on any atom is 0.261 e. The van der Waals surface area contributed by atoms with Crippen LogP contribution < -0.4 is 11.3 Å². The van der Waals surface area contributed by atoms with Gasteiger partial charge in [-0.05, 0) is 28.4 Å². The summed E-state index contributed by atoms with van der Waals surface area (Å²) in [7, 11) is 0. The SMILES string of the molecule is Cc1c(Br)sc2nc(N)[nH]c(=O)c12. The normalized spacial score (nSPS) is 10.9. The molecule has 2 aromatic heterocycles. The molecule has 0 aliphatic carbocycles. The van der Waals surface area contributed by atoms with Gasteiger partial charge in [-0.15, -0.1) is 11.3 Å². The van der Waals surface area contributed by atoms with Gasteiger partial charge in [-0.2, -0.15) is 0 Å². The van der Waals surface area contributed by atoms with Crippen LogP contribution in [0.4, 0.5) is 5.95 Å². The minimum Gasteiger partial charge on any atom is -0.369 e. The molecule has 0 spiro atoms.